The monoisotopic (exact) mass is 951 g/mol. The van der Waals surface area contributed by atoms with Gasteiger partial charge in [0.1, 0.15) is 12.2 Å². The lowest BCUT2D eigenvalue weighted by Gasteiger charge is -2.28. The molecular formula is C56H106N2O9. The molecule has 0 aromatic carbocycles. The number of unbranched alkanes of at least 4 members (excludes halogenated alkanes) is 21. The minimum Gasteiger partial charge on any atom is -0.465 e. The lowest BCUT2D eigenvalue weighted by Crippen LogP contribution is -2.40. The normalized spacial score (nSPS) is 12.7. The third-order valence-electron chi connectivity index (χ3n) is 12.9. The molecule has 0 bridgehead atoms. The van der Waals surface area contributed by atoms with Crippen molar-refractivity contribution in [3.8, 4) is 0 Å². The number of hydrogen-bond acceptors (Lipinski definition) is 10. The molecule has 0 aromatic rings. The van der Waals surface area contributed by atoms with Gasteiger partial charge in [0.15, 0.2) is 0 Å². The molecule has 394 valence electrons. The van der Waals surface area contributed by atoms with Gasteiger partial charge in [-0.05, 0) is 97.7 Å². The maximum absolute atomic E-state index is 13.6. The zero-order chi connectivity index (χ0) is 49.6. The van der Waals surface area contributed by atoms with Crippen molar-refractivity contribution >= 4 is 29.8 Å². The molecule has 0 radical (unpaired) electrons. The standard InChI is InChI=1S/C56H106N2O9/c1-8-13-16-19-22-29-37-50(11-4)66-55(62)42-34-27-25-32-40-53(60)64-47-49(46-58(45-36-44-57(6)7)52(59)39-31-24-21-18-15-10-3)48-65-54(61)41-33-26-28-35-43-56(63)67-51(12-5)38-30-23-20-17-14-9-2/h49-51H,8-48H2,1-7H3. The maximum Gasteiger partial charge on any atom is 0.306 e. The van der Waals surface area contributed by atoms with Crippen molar-refractivity contribution < 1.29 is 42.9 Å². The Morgan fingerprint density at radius 3 is 1.10 bits per heavy atom. The van der Waals surface area contributed by atoms with Crippen LogP contribution in [0.25, 0.3) is 0 Å². The molecule has 0 saturated heterocycles. The molecule has 2 unspecified atom stereocenters. The summed E-state index contributed by atoms with van der Waals surface area (Å²) in [5.74, 6) is -1.12. The Kier molecular flexibility index (Phi) is 45.1. The predicted octanol–water partition coefficient (Wildman–Crippen LogP) is 14.0. The first-order chi connectivity index (χ1) is 32.5. The summed E-state index contributed by atoms with van der Waals surface area (Å²) in [6.45, 7) is 12.7. The number of hydrogen-bond donors (Lipinski definition) is 0. The molecule has 0 rings (SSSR count). The summed E-state index contributed by atoms with van der Waals surface area (Å²) >= 11 is 0. The SMILES string of the molecule is CCCCCCCCC(=O)N(CCCN(C)C)CC(COC(=O)CCCCCCC(=O)OC(CC)CCCCCCCC)COC(=O)CCCCCCC(=O)OC(CC)CCCCCCCC. The lowest BCUT2D eigenvalue weighted by molar-refractivity contribution is -0.151. The molecule has 67 heavy (non-hydrogen) atoms. The first-order valence-corrected chi connectivity index (χ1v) is 28.1. The average Bonchev–Trinajstić information content (AvgIpc) is 3.31. The zero-order valence-corrected chi connectivity index (χ0v) is 44.8. The van der Waals surface area contributed by atoms with Gasteiger partial charge in [-0.15, -0.1) is 0 Å². The summed E-state index contributed by atoms with van der Waals surface area (Å²) in [7, 11) is 4.04. The van der Waals surface area contributed by atoms with Crippen LogP contribution in [0.1, 0.15) is 266 Å². The fourth-order valence-corrected chi connectivity index (χ4v) is 8.41. The zero-order valence-electron chi connectivity index (χ0n) is 44.8. The van der Waals surface area contributed by atoms with E-state index in [2.05, 4.69) is 39.5 Å². The second-order valence-corrected chi connectivity index (χ2v) is 19.7. The first-order valence-electron chi connectivity index (χ1n) is 28.1. The van der Waals surface area contributed by atoms with Crippen LogP contribution < -0.4 is 0 Å². The summed E-state index contributed by atoms with van der Waals surface area (Å²) in [5.41, 5.74) is 0. The van der Waals surface area contributed by atoms with E-state index < -0.39 is 0 Å². The Bertz CT molecular complexity index is 1130. The van der Waals surface area contributed by atoms with Gasteiger partial charge in [0, 0.05) is 51.1 Å². The van der Waals surface area contributed by atoms with E-state index in [1.54, 1.807) is 0 Å². The van der Waals surface area contributed by atoms with Gasteiger partial charge in [0.25, 0.3) is 0 Å². The second-order valence-electron chi connectivity index (χ2n) is 19.7. The van der Waals surface area contributed by atoms with Crippen LogP contribution in [0.4, 0.5) is 0 Å². The van der Waals surface area contributed by atoms with E-state index in [0.29, 0.717) is 45.2 Å². The van der Waals surface area contributed by atoms with Crippen molar-refractivity contribution in [3.63, 3.8) is 0 Å². The van der Waals surface area contributed by atoms with Crippen LogP contribution >= 0.6 is 0 Å². The average molecular weight is 951 g/mol. The van der Waals surface area contributed by atoms with Crippen molar-refractivity contribution in [2.75, 3.05) is 46.9 Å². The van der Waals surface area contributed by atoms with Crippen LogP contribution in [0, 0.1) is 5.92 Å². The molecular weight excluding hydrogens is 845 g/mol. The first kappa shape index (κ1) is 64.3. The highest BCUT2D eigenvalue weighted by molar-refractivity contribution is 5.76. The number of rotatable bonds is 49. The summed E-state index contributed by atoms with van der Waals surface area (Å²) in [5, 5.41) is 0. The van der Waals surface area contributed by atoms with Crippen molar-refractivity contribution in [1.82, 2.24) is 9.80 Å². The molecule has 11 nitrogen and oxygen atoms in total. The largest absolute Gasteiger partial charge is 0.465 e. The number of amides is 1. The molecule has 0 aromatic heterocycles. The fraction of sp³-hybridized carbons (Fsp3) is 0.911. The molecule has 11 heteroatoms. The van der Waals surface area contributed by atoms with E-state index in [4.69, 9.17) is 18.9 Å². The molecule has 0 spiro atoms. The van der Waals surface area contributed by atoms with Gasteiger partial charge in [-0.3, -0.25) is 24.0 Å². The van der Waals surface area contributed by atoms with E-state index in [9.17, 15) is 24.0 Å². The molecule has 0 N–H and O–H groups in total. The van der Waals surface area contributed by atoms with Gasteiger partial charge < -0.3 is 28.7 Å². The fourth-order valence-electron chi connectivity index (χ4n) is 8.41. The highest BCUT2D eigenvalue weighted by atomic mass is 16.6. The molecule has 0 aliphatic rings. The number of esters is 4. The number of ether oxygens (including phenoxy) is 4. The highest BCUT2D eigenvalue weighted by Crippen LogP contribution is 2.18. The Hall–Kier alpha value is -2.69. The molecule has 0 aliphatic heterocycles. The van der Waals surface area contributed by atoms with Crippen LogP contribution in [0.3, 0.4) is 0 Å². The molecule has 0 heterocycles. The van der Waals surface area contributed by atoms with E-state index in [1.165, 1.54) is 83.5 Å². The van der Waals surface area contributed by atoms with E-state index in [1.807, 2.05) is 19.0 Å². The van der Waals surface area contributed by atoms with Gasteiger partial charge in [-0.25, -0.2) is 0 Å². The van der Waals surface area contributed by atoms with Gasteiger partial charge in [0.05, 0.1) is 13.2 Å². The highest BCUT2D eigenvalue weighted by Gasteiger charge is 2.23. The summed E-state index contributed by atoms with van der Waals surface area (Å²) in [6.07, 6.45) is 33.6. The minimum atomic E-state index is -0.348. The molecule has 1 amide bonds. The quantitative estimate of drug-likeness (QED) is 0.0330. The summed E-state index contributed by atoms with van der Waals surface area (Å²) in [6, 6.07) is 0. The van der Waals surface area contributed by atoms with E-state index in [-0.39, 0.29) is 74.0 Å². The van der Waals surface area contributed by atoms with Crippen molar-refractivity contribution in [2.45, 2.75) is 278 Å². The number of nitrogens with zero attached hydrogens (tertiary/aromatic N) is 2. The van der Waals surface area contributed by atoms with Gasteiger partial charge in [0.2, 0.25) is 5.91 Å². The topological polar surface area (TPSA) is 129 Å². The Morgan fingerprint density at radius 2 is 0.731 bits per heavy atom. The third kappa shape index (κ3) is 42.0. The minimum absolute atomic E-state index is 0.00228. The third-order valence-corrected chi connectivity index (χ3v) is 12.9. The van der Waals surface area contributed by atoms with Gasteiger partial charge >= 0.3 is 23.9 Å². The molecule has 2 atom stereocenters. The van der Waals surface area contributed by atoms with E-state index in [0.717, 1.165) is 109 Å². The number of carbonyl (C=O) groups excluding carboxylic acids is 5. The Balaban J connectivity index is 5.04. The summed E-state index contributed by atoms with van der Waals surface area (Å²) < 4.78 is 23.1. The van der Waals surface area contributed by atoms with Crippen LogP contribution in [0.5, 0.6) is 0 Å². The molecule has 0 saturated carbocycles. The molecule has 0 fully saturated rings. The smallest absolute Gasteiger partial charge is 0.306 e. The Morgan fingerprint density at radius 1 is 0.388 bits per heavy atom. The predicted molar refractivity (Wildman–Crippen MR) is 275 cm³/mol. The summed E-state index contributed by atoms with van der Waals surface area (Å²) in [4.78, 5) is 68.5. The van der Waals surface area contributed by atoms with Crippen molar-refractivity contribution in [2.24, 2.45) is 5.92 Å². The molecule has 0 aliphatic carbocycles. The van der Waals surface area contributed by atoms with Crippen LogP contribution in [-0.4, -0.2) is 98.7 Å². The van der Waals surface area contributed by atoms with Gasteiger partial charge in [-0.2, -0.15) is 0 Å². The lowest BCUT2D eigenvalue weighted by atomic mass is 10.1. The van der Waals surface area contributed by atoms with Crippen molar-refractivity contribution in [1.29, 1.82) is 0 Å². The van der Waals surface area contributed by atoms with Crippen molar-refractivity contribution in [3.05, 3.63) is 0 Å². The number of carbonyl (C=O) groups is 5. The van der Waals surface area contributed by atoms with Gasteiger partial charge in [-0.1, -0.05) is 157 Å². The maximum atomic E-state index is 13.6. The van der Waals surface area contributed by atoms with Crippen LogP contribution in [0.2, 0.25) is 0 Å². The van der Waals surface area contributed by atoms with E-state index >= 15 is 0 Å². The Labute approximate surface area is 412 Å². The van der Waals surface area contributed by atoms with Crippen LogP contribution in [0.15, 0.2) is 0 Å². The van der Waals surface area contributed by atoms with Crippen LogP contribution in [-0.2, 0) is 42.9 Å². The second kappa shape index (κ2) is 47.0.